The molecule has 1 aromatic carbocycles. The van der Waals surface area contributed by atoms with E-state index in [2.05, 4.69) is 17.1 Å². The second-order valence-corrected chi connectivity index (χ2v) is 9.64. The summed E-state index contributed by atoms with van der Waals surface area (Å²) in [5.74, 6) is 2.35. The predicted octanol–water partition coefficient (Wildman–Crippen LogP) is 6.31. The Morgan fingerprint density at radius 1 is 1.28 bits per heavy atom. The first kappa shape index (κ1) is 20.7. The Morgan fingerprint density at radius 2 is 2.03 bits per heavy atom. The molecule has 1 amide bonds. The molecule has 154 valence electrons. The second-order valence-electron chi connectivity index (χ2n) is 7.78. The third-order valence-corrected chi connectivity index (χ3v) is 7.49. The van der Waals surface area contributed by atoms with Crippen LogP contribution in [0.15, 0.2) is 34.7 Å². The van der Waals surface area contributed by atoms with E-state index in [1.807, 2.05) is 31.2 Å². The number of rotatable bonds is 5. The minimum atomic E-state index is -0.161. The highest BCUT2D eigenvalue weighted by Crippen LogP contribution is 2.37. The van der Waals surface area contributed by atoms with Gasteiger partial charge >= 0.3 is 0 Å². The number of carbonyl (C=O) groups excluding carboxylic acids is 1. The van der Waals surface area contributed by atoms with Crippen LogP contribution in [0.2, 0.25) is 10.0 Å². The number of amides is 1. The number of carbonyl (C=O) groups is 1. The summed E-state index contributed by atoms with van der Waals surface area (Å²) in [6.07, 6.45) is 2.32. The molecule has 3 aromatic rings. The summed E-state index contributed by atoms with van der Waals surface area (Å²) in [7, 11) is 0. The van der Waals surface area contributed by atoms with E-state index in [0.717, 1.165) is 53.5 Å². The maximum Gasteiger partial charge on any atom is 0.263 e. The van der Waals surface area contributed by atoms with Gasteiger partial charge in [0.25, 0.3) is 5.91 Å². The average molecular weight is 451 g/mol. The fraction of sp³-hybridized carbons (Fsp3) is 0.409. The molecule has 0 spiro atoms. The monoisotopic (exact) mass is 450 g/mol. The smallest absolute Gasteiger partial charge is 0.263 e. The standard InChI is InChI=1S/C22H24Cl2N2O2S/c1-13-7-9-26(10-8-13)17(18-6-3-14(2)28-18)12-25-22(27)21-20(24)16-5-4-15(23)11-19(16)29-21/h3-6,11,13,17H,7-10,12H2,1-2H3,(H,25,27)/t17-/m0/s1. The number of furan rings is 1. The van der Waals surface area contributed by atoms with Crippen LogP contribution in [0, 0.1) is 12.8 Å². The topological polar surface area (TPSA) is 45.5 Å². The Kier molecular flexibility index (Phi) is 6.21. The minimum absolute atomic E-state index is 0.0164. The number of hydrogen-bond donors (Lipinski definition) is 1. The molecule has 1 fully saturated rings. The number of hydrogen-bond acceptors (Lipinski definition) is 4. The van der Waals surface area contributed by atoms with Gasteiger partial charge in [-0.3, -0.25) is 9.69 Å². The number of nitrogens with zero attached hydrogens (tertiary/aromatic N) is 1. The Hall–Kier alpha value is -1.53. The maximum atomic E-state index is 12.9. The van der Waals surface area contributed by atoms with Crippen molar-refractivity contribution in [3.8, 4) is 0 Å². The minimum Gasteiger partial charge on any atom is -0.465 e. The van der Waals surface area contributed by atoms with Gasteiger partial charge in [0, 0.05) is 21.7 Å². The zero-order valence-corrected chi connectivity index (χ0v) is 18.8. The lowest BCUT2D eigenvalue weighted by molar-refractivity contribution is 0.0898. The lowest BCUT2D eigenvalue weighted by Gasteiger charge is -2.35. The number of aryl methyl sites for hydroxylation is 1. The largest absolute Gasteiger partial charge is 0.465 e. The van der Waals surface area contributed by atoms with Crippen molar-refractivity contribution in [1.82, 2.24) is 10.2 Å². The van der Waals surface area contributed by atoms with Crippen molar-refractivity contribution in [3.63, 3.8) is 0 Å². The Labute approximate surface area is 184 Å². The van der Waals surface area contributed by atoms with Crippen LogP contribution in [0.1, 0.15) is 47.0 Å². The van der Waals surface area contributed by atoms with Gasteiger partial charge in [0.05, 0.1) is 11.1 Å². The molecule has 0 unspecified atom stereocenters. The molecule has 4 nitrogen and oxygen atoms in total. The first-order chi connectivity index (χ1) is 13.9. The van der Waals surface area contributed by atoms with Crippen LogP contribution in [0.4, 0.5) is 0 Å². The molecule has 0 radical (unpaired) electrons. The first-order valence-corrected chi connectivity index (χ1v) is 11.5. The quantitative estimate of drug-likeness (QED) is 0.494. The van der Waals surface area contributed by atoms with Gasteiger partial charge in [0.15, 0.2) is 0 Å². The molecule has 29 heavy (non-hydrogen) atoms. The molecule has 1 aliphatic rings. The molecule has 1 saturated heterocycles. The second kappa shape index (κ2) is 8.68. The van der Waals surface area contributed by atoms with Crippen LogP contribution in [0.3, 0.4) is 0 Å². The van der Waals surface area contributed by atoms with Gasteiger partial charge in [-0.2, -0.15) is 0 Å². The number of benzene rings is 1. The highest BCUT2D eigenvalue weighted by molar-refractivity contribution is 7.21. The fourth-order valence-electron chi connectivity index (χ4n) is 3.84. The average Bonchev–Trinajstić information content (AvgIpc) is 3.26. The van der Waals surface area contributed by atoms with E-state index in [1.54, 1.807) is 6.07 Å². The molecule has 3 heterocycles. The van der Waals surface area contributed by atoms with Gasteiger partial charge in [-0.25, -0.2) is 0 Å². The van der Waals surface area contributed by atoms with Crippen LogP contribution in [-0.4, -0.2) is 30.4 Å². The van der Waals surface area contributed by atoms with Crippen molar-refractivity contribution in [2.45, 2.75) is 32.7 Å². The zero-order chi connectivity index (χ0) is 20.5. The summed E-state index contributed by atoms with van der Waals surface area (Å²) in [4.78, 5) is 15.9. The maximum absolute atomic E-state index is 12.9. The van der Waals surface area contributed by atoms with Crippen LogP contribution < -0.4 is 5.32 Å². The number of likely N-dealkylation sites (tertiary alicyclic amines) is 1. The lowest BCUT2D eigenvalue weighted by atomic mass is 9.97. The van der Waals surface area contributed by atoms with Gasteiger partial charge in [-0.1, -0.05) is 36.2 Å². The fourth-order valence-corrected chi connectivity index (χ4v) is 5.55. The van der Waals surface area contributed by atoms with E-state index in [9.17, 15) is 4.79 Å². The molecule has 7 heteroatoms. The summed E-state index contributed by atoms with van der Waals surface area (Å²) < 4.78 is 6.83. The van der Waals surface area contributed by atoms with E-state index >= 15 is 0 Å². The SMILES string of the molecule is Cc1ccc([C@H](CNC(=O)c2sc3cc(Cl)ccc3c2Cl)N2CCC(C)CC2)o1. The van der Waals surface area contributed by atoms with E-state index < -0.39 is 0 Å². The van der Waals surface area contributed by atoms with Crippen molar-refractivity contribution in [3.05, 3.63) is 56.8 Å². The summed E-state index contributed by atoms with van der Waals surface area (Å²) in [6, 6.07) is 9.49. The first-order valence-electron chi connectivity index (χ1n) is 9.88. The normalized spacial score (nSPS) is 17.0. The summed E-state index contributed by atoms with van der Waals surface area (Å²) in [5, 5.41) is 5.06. The highest BCUT2D eigenvalue weighted by Gasteiger charge is 2.28. The molecule has 0 saturated carbocycles. The molecular weight excluding hydrogens is 427 g/mol. The van der Waals surface area contributed by atoms with Crippen molar-refractivity contribution in [1.29, 1.82) is 0 Å². The molecule has 1 atom stereocenters. The van der Waals surface area contributed by atoms with E-state index in [0.29, 0.717) is 21.5 Å². The van der Waals surface area contributed by atoms with Crippen LogP contribution in [0.5, 0.6) is 0 Å². The van der Waals surface area contributed by atoms with Crippen LogP contribution in [0.25, 0.3) is 10.1 Å². The Balaban J connectivity index is 1.52. The number of fused-ring (bicyclic) bond motifs is 1. The molecule has 0 bridgehead atoms. The van der Waals surface area contributed by atoms with Crippen LogP contribution in [-0.2, 0) is 0 Å². The van der Waals surface area contributed by atoms with E-state index in [-0.39, 0.29) is 11.9 Å². The highest BCUT2D eigenvalue weighted by atomic mass is 35.5. The molecule has 1 N–H and O–H groups in total. The van der Waals surface area contributed by atoms with Gasteiger partial charge in [0.1, 0.15) is 16.4 Å². The molecule has 1 aliphatic heterocycles. The van der Waals surface area contributed by atoms with E-state index in [1.165, 1.54) is 11.3 Å². The summed E-state index contributed by atoms with van der Waals surface area (Å²) >= 11 is 13.9. The number of nitrogens with one attached hydrogen (secondary N) is 1. The predicted molar refractivity (Wildman–Crippen MR) is 120 cm³/mol. The zero-order valence-electron chi connectivity index (χ0n) is 16.5. The number of halogens is 2. The summed E-state index contributed by atoms with van der Waals surface area (Å²) in [6.45, 7) is 6.72. The van der Waals surface area contributed by atoms with Crippen molar-refractivity contribution in [2.24, 2.45) is 5.92 Å². The number of piperidine rings is 1. The Bertz CT molecular complexity index is 1020. The number of thiophene rings is 1. The Morgan fingerprint density at radius 3 is 2.72 bits per heavy atom. The van der Waals surface area contributed by atoms with Gasteiger partial charge in [0.2, 0.25) is 0 Å². The van der Waals surface area contributed by atoms with Gasteiger partial charge in [-0.05, 0) is 63.0 Å². The molecule has 0 aliphatic carbocycles. The molecular formula is C22H24Cl2N2O2S. The third-order valence-electron chi connectivity index (χ3n) is 5.60. The summed E-state index contributed by atoms with van der Waals surface area (Å²) in [5.41, 5.74) is 0. The lowest BCUT2D eigenvalue weighted by Crippen LogP contribution is -2.41. The van der Waals surface area contributed by atoms with Crippen molar-refractivity contribution in [2.75, 3.05) is 19.6 Å². The van der Waals surface area contributed by atoms with Crippen molar-refractivity contribution >= 4 is 50.5 Å². The third kappa shape index (κ3) is 4.48. The molecule has 4 rings (SSSR count). The van der Waals surface area contributed by atoms with E-state index in [4.69, 9.17) is 27.6 Å². The van der Waals surface area contributed by atoms with Crippen molar-refractivity contribution < 1.29 is 9.21 Å². The van der Waals surface area contributed by atoms with Gasteiger partial charge < -0.3 is 9.73 Å². The van der Waals surface area contributed by atoms with Gasteiger partial charge in [-0.15, -0.1) is 11.3 Å². The molecule has 2 aromatic heterocycles. The van der Waals surface area contributed by atoms with Crippen LogP contribution >= 0.6 is 34.5 Å².